The van der Waals surface area contributed by atoms with Crippen molar-refractivity contribution >= 4 is 29.1 Å². The van der Waals surface area contributed by atoms with Gasteiger partial charge in [-0.1, -0.05) is 29.8 Å². The zero-order valence-corrected chi connectivity index (χ0v) is 15.7. The smallest absolute Gasteiger partial charge is 0.332 e. The molecule has 8 nitrogen and oxygen atoms in total. The second-order valence-electron chi connectivity index (χ2n) is 6.91. The second-order valence-corrected chi connectivity index (χ2v) is 7.32. The largest absolute Gasteiger partial charge is 0.378 e. The van der Waals surface area contributed by atoms with Crippen molar-refractivity contribution in [3.8, 4) is 0 Å². The Morgan fingerprint density at radius 2 is 1.93 bits per heavy atom. The van der Waals surface area contributed by atoms with Crippen LogP contribution in [0, 0.1) is 16.0 Å². The van der Waals surface area contributed by atoms with E-state index in [1.165, 1.54) is 0 Å². The number of nitrogens with zero attached hydrogens (tertiary/aromatic N) is 3. The molecule has 0 radical (unpaired) electrons. The number of anilines is 2. The van der Waals surface area contributed by atoms with E-state index in [9.17, 15) is 10.1 Å². The van der Waals surface area contributed by atoms with E-state index in [2.05, 4.69) is 15.3 Å². The van der Waals surface area contributed by atoms with Crippen molar-refractivity contribution in [2.24, 2.45) is 11.7 Å². The summed E-state index contributed by atoms with van der Waals surface area (Å²) < 4.78 is 0. The van der Waals surface area contributed by atoms with Crippen LogP contribution in [-0.4, -0.2) is 20.9 Å². The molecular weight excluding hydrogens is 368 g/mol. The number of halogens is 1. The topological polar surface area (TPSA) is 133 Å². The number of benzene rings is 1. The summed E-state index contributed by atoms with van der Waals surface area (Å²) in [4.78, 5) is 19.4. The van der Waals surface area contributed by atoms with Gasteiger partial charge in [0.15, 0.2) is 0 Å². The Balaban J connectivity index is 1.80. The molecule has 1 aliphatic carbocycles. The van der Waals surface area contributed by atoms with Crippen molar-refractivity contribution < 1.29 is 4.92 Å². The van der Waals surface area contributed by atoms with Gasteiger partial charge in [0.25, 0.3) is 0 Å². The molecule has 1 aliphatic rings. The summed E-state index contributed by atoms with van der Waals surface area (Å²) in [6.45, 7) is 0.397. The van der Waals surface area contributed by atoms with Crippen LogP contribution in [0.25, 0.3) is 0 Å². The summed E-state index contributed by atoms with van der Waals surface area (Å²) in [6.07, 6.45) is 4.22. The first-order chi connectivity index (χ1) is 12.9. The third kappa shape index (κ3) is 4.84. The zero-order chi connectivity index (χ0) is 19.4. The minimum Gasteiger partial charge on any atom is -0.378 e. The molecule has 0 saturated heterocycles. The van der Waals surface area contributed by atoms with E-state index in [4.69, 9.17) is 23.1 Å². The third-order valence-electron chi connectivity index (χ3n) is 4.93. The highest BCUT2D eigenvalue weighted by Crippen LogP contribution is 2.32. The molecule has 1 fully saturated rings. The van der Waals surface area contributed by atoms with Gasteiger partial charge in [-0.2, -0.15) is 4.98 Å². The average Bonchev–Trinajstić information content (AvgIpc) is 2.62. The summed E-state index contributed by atoms with van der Waals surface area (Å²) in [6, 6.07) is 7.63. The Morgan fingerprint density at radius 3 is 2.59 bits per heavy atom. The molecule has 0 unspecified atom stereocenters. The van der Waals surface area contributed by atoms with Crippen LogP contribution >= 0.6 is 11.6 Å². The summed E-state index contributed by atoms with van der Waals surface area (Å²) in [5.74, 6) is 0.453. The Kier molecular flexibility index (Phi) is 6.08. The molecule has 0 bridgehead atoms. The van der Waals surface area contributed by atoms with Gasteiger partial charge in [-0.15, -0.1) is 0 Å². The Bertz CT molecular complexity index is 823. The number of nitro groups is 1. The Labute approximate surface area is 162 Å². The molecule has 1 aromatic carbocycles. The average molecular weight is 391 g/mol. The maximum atomic E-state index is 11.5. The van der Waals surface area contributed by atoms with Crippen LogP contribution in [-0.2, 0) is 13.0 Å². The van der Waals surface area contributed by atoms with E-state index in [1.807, 2.05) is 18.2 Å². The predicted octanol–water partition coefficient (Wildman–Crippen LogP) is 3.29. The van der Waals surface area contributed by atoms with E-state index in [0.717, 1.165) is 31.2 Å². The second kappa shape index (κ2) is 8.49. The highest BCUT2D eigenvalue weighted by atomic mass is 35.5. The number of aromatic nitrogens is 2. The van der Waals surface area contributed by atoms with E-state index in [-0.39, 0.29) is 23.5 Å². The van der Waals surface area contributed by atoms with E-state index in [1.54, 1.807) is 6.07 Å². The maximum absolute atomic E-state index is 11.5. The summed E-state index contributed by atoms with van der Waals surface area (Å²) in [5, 5.41) is 15.1. The number of hydrogen-bond donors (Lipinski definition) is 3. The van der Waals surface area contributed by atoms with Crippen LogP contribution in [0.3, 0.4) is 0 Å². The maximum Gasteiger partial charge on any atom is 0.332 e. The molecule has 0 spiro atoms. The van der Waals surface area contributed by atoms with Gasteiger partial charge in [-0.05, 0) is 49.7 Å². The van der Waals surface area contributed by atoms with Crippen molar-refractivity contribution in [2.75, 3.05) is 11.1 Å². The molecule has 1 aromatic heterocycles. The molecule has 1 heterocycles. The van der Waals surface area contributed by atoms with Crippen LogP contribution < -0.4 is 16.8 Å². The van der Waals surface area contributed by atoms with E-state index in [0.29, 0.717) is 29.6 Å². The van der Waals surface area contributed by atoms with Crippen molar-refractivity contribution in [1.29, 1.82) is 0 Å². The lowest BCUT2D eigenvalue weighted by molar-refractivity contribution is -0.385. The highest BCUT2D eigenvalue weighted by molar-refractivity contribution is 6.31. The van der Waals surface area contributed by atoms with Crippen LogP contribution in [0.4, 0.5) is 17.5 Å². The van der Waals surface area contributed by atoms with Crippen LogP contribution in [0.2, 0.25) is 5.02 Å². The minimum absolute atomic E-state index is 0.126. The van der Waals surface area contributed by atoms with Crippen LogP contribution in [0.1, 0.15) is 36.9 Å². The first kappa shape index (κ1) is 19.3. The molecule has 0 amide bonds. The molecule has 144 valence electrons. The molecule has 1 saturated carbocycles. The van der Waals surface area contributed by atoms with Crippen molar-refractivity contribution in [1.82, 2.24) is 9.97 Å². The quantitative estimate of drug-likeness (QED) is 0.509. The SMILES string of the molecule is Nc1nc(NCc2ccccc2Cl)nc(CC2CCC(N)CC2)c1[N+](=O)[O-]. The van der Waals surface area contributed by atoms with Crippen LogP contribution in [0.15, 0.2) is 24.3 Å². The molecule has 5 N–H and O–H groups in total. The lowest BCUT2D eigenvalue weighted by Gasteiger charge is -2.25. The van der Waals surface area contributed by atoms with Gasteiger partial charge in [0.1, 0.15) is 5.69 Å². The lowest BCUT2D eigenvalue weighted by atomic mass is 9.83. The number of hydrogen-bond acceptors (Lipinski definition) is 7. The third-order valence-corrected chi connectivity index (χ3v) is 5.30. The normalized spacial score (nSPS) is 19.6. The van der Waals surface area contributed by atoms with Gasteiger partial charge in [-0.25, -0.2) is 4.98 Å². The van der Waals surface area contributed by atoms with E-state index >= 15 is 0 Å². The fourth-order valence-electron chi connectivity index (χ4n) is 3.42. The molecule has 3 rings (SSSR count). The van der Waals surface area contributed by atoms with Crippen LogP contribution in [0.5, 0.6) is 0 Å². The summed E-state index contributed by atoms with van der Waals surface area (Å²) >= 11 is 6.16. The van der Waals surface area contributed by atoms with Crippen molar-refractivity contribution in [3.63, 3.8) is 0 Å². The molecule has 2 aromatic rings. The van der Waals surface area contributed by atoms with Crippen molar-refractivity contribution in [3.05, 3.63) is 50.7 Å². The van der Waals surface area contributed by atoms with Gasteiger partial charge < -0.3 is 16.8 Å². The van der Waals surface area contributed by atoms with Gasteiger partial charge in [-0.3, -0.25) is 10.1 Å². The number of rotatable bonds is 6. The first-order valence-corrected chi connectivity index (χ1v) is 9.35. The van der Waals surface area contributed by atoms with Crippen molar-refractivity contribution in [2.45, 2.75) is 44.7 Å². The van der Waals surface area contributed by atoms with Gasteiger partial charge >= 0.3 is 5.69 Å². The summed E-state index contributed by atoms with van der Waals surface area (Å²) in [7, 11) is 0. The molecule has 9 heteroatoms. The standard InChI is InChI=1S/C18H23ClN6O2/c19-14-4-2-1-3-12(14)10-22-18-23-15(16(25(26)27)17(21)24-18)9-11-5-7-13(20)8-6-11/h1-4,11,13H,5-10,20H2,(H3,21,22,23,24). The lowest BCUT2D eigenvalue weighted by Crippen LogP contribution is -2.27. The summed E-state index contributed by atoms with van der Waals surface area (Å²) in [5.41, 5.74) is 12.9. The first-order valence-electron chi connectivity index (χ1n) is 8.97. The van der Waals surface area contributed by atoms with Gasteiger partial charge in [0, 0.05) is 17.6 Å². The zero-order valence-electron chi connectivity index (χ0n) is 14.9. The minimum atomic E-state index is -0.503. The Hall–Kier alpha value is -2.45. The number of nitrogen functional groups attached to an aromatic ring is 1. The molecule has 27 heavy (non-hydrogen) atoms. The van der Waals surface area contributed by atoms with Gasteiger partial charge in [0.2, 0.25) is 11.8 Å². The molecule has 0 atom stereocenters. The number of nitrogens with two attached hydrogens (primary N) is 2. The predicted molar refractivity (Wildman–Crippen MR) is 106 cm³/mol. The monoisotopic (exact) mass is 390 g/mol. The van der Waals surface area contributed by atoms with Gasteiger partial charge in [0.05, 0.1) is 4.92 Å². The van der Waals surface area contributed by atoms with E-state index < -0.39 is 4.92 Å². The number of nitrogens with one attached hydrogen (secondary N) is 1. The fraction of sp³-hybridized carbons (Fsp3) is 0.444. The Morgan fingerprint density at radius 1 is 1.22 bits per heavy atom. The molecule has 0 aliphatic heterocycles. The highest BCUT2D eigenvalue weighted by Gasteiger charge is 2.27. The molecular formula is C18H23ClN6O2. The fourth-order valence-corrected chi connectivity index (χ4v) is 3.63.